The van der Waals surface area contributed by atoms with E-state index in [0.717, 1.165) is 0 Å². The van der Waals surface area contributed by atoms with E-state index < -0.39 is 58.1 Å². The lowest BCUT2D eigenvalue weighted by atomic mass is 8.88. The van der Waals surface area contributed by atoms with Crippen molar-refractivity contribution >= 4 is 0 Å². The summed E-state index contributed by atoms with van der Waals surface area (Å²) in [6, 6.07) is 0. The topological polar surface area (TPSA) is 20.2 Å². The molecule has 8 heteroatoms. The summed E-state index contributed by atoms with van der Waals surface area (Å²) >= 11 is 0. The van der Waals surface area contributed by atoms with Crippen LogP contribution in [0.15, 0.2) is 0 Å². The summed E-state index contributed by atoms with van der Waals surface area (Å²) < 4.78 is 98.3. The average molecular weight is 274 g/mol. The minimum atomic E-state index is -4.07. The van der Waals surface area contributed by atoms with Crippen LogP contribution in [0, 0.1) is 5.41 Å². The van der Waals surface area contributed by atoms with E-state index in [1.54, 1.807) is 0 Å². The molecule has 0 saturated heterocycles. The molecule has 6 aliphatic rings. The van der Waals surface area contributed by atoms with Crippen molar-refractivity contribution < 1.29 is 35.8 Å². The van der Waals surface area contributed by atoms with Crippen molar-refractivity contribution in [3.8, 4) is 0 Å². The Morgan fingerprint density at radius 2 is 0.833 bits per heavy atom. The summed E-state index contributed by atoms with van der Waals surface area (Å²) in [5.41, 5.74) is -30.0. The summed E-state index contributed by atoms with van der Waals surface area (Å²) in [7, 11) is 0. The summed E-state index contributed by atoms with van der Waals surface area (Å²) in [6.07, 6.45) is -0.977. The zero-order valence-corrected chi connectivity index (χ0v) is 8.51. The number of alkyl halides is 7. The van der Waals surface area contributed by atoms with Crippen molar-refractivity contribution in [2.24, 2.45) is 5.41 Å². The van der Waals surface area contributed by atoms with Crippen LogP contribution in [-0.4, -0.2) is 51.4 Å². The second kappa shape index (κ2) is 1.61. The summed E-state index contributed by atoms with van der Waals surface area (Å²) in [4.78, 5) is 0. The van der Waals surface area contributed by atoms with E-state index in [-0.39, 0.29) is 0 Å². The number of hydrogen-bond donors (Lipinski definition) is 1. The molecule has 0 heterocycles. The van der Waals surface area contributed by atoms with Gasteiger partial charge in [0.25, 0.3) is 0 Å². The zero-order chi connectivity index (χ0) is 13.4. The molecule has 6 fully saturated rings. The van der Waals surface area contributed by atoms with Crippen molar-refractivity contribution in [1.29, 1.82) is 0 Å². The molecule has 1 N–H and O–H groups in total. The second-order valence-corrected chi connectivity index (χ2v) is 5.99. The molecule has 0 aliphatic heterocycles. The molecule has 0 spiro atoms. The van der Waals surface area contributed by atoms with E-state index in [1.807, 2.05) is 0 Å². The summed E-state index contributed by atoms with van der Waals surface area (Å²) in [6.45, 7) is -0.968. The Labute approximate surface area is 94.9 Å². The number of rotatable bonds is 2. The van der Waals surface area contributed by atoms with Gasteiger partial charge in [-0.05, 0) is 6.42 Å². The molecular formula is C10H5F7O. The minimum Gasteiger partial charge on any atom is -0.396 e. The zero-order valence-electron chi connectivity index (χ0n) is 8.51. The highest BCUT2D eigenvalue weighted by Gasteiger charge is 3.49. The first kappa shape index (κ1) is 10.3. The van der Waals surface area contributed by atoms with Gasteiger partial charge in [-0.3, -0.25) is 0 Å². The fourth-order valence-electron chi connectivity index (χ4n) is 6.35. The van der Waals surface area contributed by atoms with Crippen LogP contribution in [0.3, 0.4) is 0 Å². The van der Waals surface area contributed by atoms with Crippen molar-refractivity contribution in [2.45, 2.75) is 46.1 Å². The number of hydrogen-bond acceptors (Lipinski definition) is 1. The average Bonchev–Trinajstić information content (AvgIpc) is 2.35. The van der Waals surface area contributed by atoms with Gasteiger partial charge in [0.15, 0.2) is 0 Å². The Bertz CT molecular complexity index is 486. The first-order valence-corrected chi connectivity index (χ1v) is 5.49. The molecule has 0 aromatic heterocycles. The third-order valence-electron chi connectivity index (χ3n) is 6.52. The lowest BCUT2D eigenvalue weighted by Crippen LogP contribution is -3.44. The highest BCUT2D eigenvalue weighted by Crippen LogP contribution is 3.19. The smallest absolute Gasteiger partial charge is 0.232 e. The minimum absolute atomic E-state index is 0.968. The molecular weight excluding hydrogens is 269 g/mol. The highest BCUT2D eigenvalue weighted by atomic mass is 19.2. The number of aliphatic hydroxyl groups excluding tert-OH is 1. The Balaban J connectivity index is 1.84. The Kier molecular flexibility index (Phi) is 0.920. The predicted octanol–water partition coefficient (Wildman–Crippen LogP) is 1.38. The standard InChI is InChI=1S/C10H5F7O/c11-4-3(1-2-18)5(12)7(4,14)10(17)8(4,15)6(3,13)9(5,10)16/h18H,1-2H2. The van der Waals surface area contributed by atoms with Gasteiger partial charge >= 0.3 is 0 Å². The quantitative estimate of drug-likeness (QED) is 0.754. The molecule has 100 valence electrons. The fraction of sp³-hybridized carbons (Fsp3) is 1.00. The van der Waals surface area contributed by atoms with Gasteiger partial charge in [-0.15, -0.1) is 0 Å². The van der Waals surface area contributed by atoms with Crippen LogP contribution in [0.25, 0.3) is 0 Å². The van der Waals surface area contributed by atoms with E-state index >= 15 is 0 Å². The maximum Gasteiger partial charge on any atom is 0.232 e. The molecule has 0 aromatic carbocycles. The van der Waals surface area contributed by atoms with Crippen molar-refractivity contribution in [2.75, 3.05) is 6.61 Å². The van der Waals surface area contributed by atoms with Gasteiger partial charge in [0, 0.05) is 6.61 Å². The van der Waals surface area contributed by atoms with E-state index in [2.05, 4.69) is 0 Å². The van der Waals surface area contributed by atoms with Crippen LogP contribution < -0.4 is 0 Å². The molecule has 6 rings (SSSR count). The van der Waals surface area contributed by atoms with Crippen LogP contribution in [0.5, 0.6) is 0 Å². The maximum absolute atomic E-state index is 14.2. The van der Waals surface area contributed by atoms with Crippen molar-refractivity contribution in [3.63, 3.8) is 0 Å². The van der Waals surface area contributed by atoms with Crippen LogP contribution in [0.1, 0.15) is 6.42 Å². The van der Waals surface area contributed by atoms with E-state index in [1.165, 1.54) is 0 Å². The monoisotopic (exact) mass is 274 g/mol. The van der Waals surface area contributed by atoms with E-state index in [4.69, 9.17) is 5.11 Å². The SMILES string of the molecule is OCCC12C3(F)C4(F)C5(F)C3(F)C1(F)C5(F)C42F. The maximum atomic E-state index is 14.2. The normalized spacial score (nSPS) is 88.0. The highest BCUT2D eigenvalue weighted by molar-refractivity contribution is 5.92. The molecule has 0 amide bonds. The predicted molar refractivity (Wildman–Crippen MR) is 41.0 cm³/mol. The van der Waals surface area contributed by atoms with Crippen molar-refractivity contribution in [3.05, 3.63) is 0 Å². The van der Waals surface area contributed by atoms with Gasteiger partial charge in [0.1, 0.15) is 0 Å². The lowest BCUT2D eigenvalue weighted by molar-refractivity contribution is -0.804. The van der Waals surface area contributed by atoms with Gasteiger partial charge in [0.05, 0.1) is 5.41 Å². The van der Waals surface area contributed by atoms with Gasteiger partial charge in [-0.1, -0.05) is 0 Å². The molecule has 0 aromatic rings. The van der Waals surface area contributed by atoms with E-state index in [0.29, 0.717) is 0 Å². The number of aliphatic hydroxyl groups is 1. The first-order valence-electron chi connectivity index (χ1n) is 5.49. The Morgan fingerprint density at radius 3 is 1.11 bits per heavy atom. The lowest BCUT2D eigenvalue weighted by Gasteiger charge is -3.14. The molecule has 0 unspecified atom stereocenters. The van der Waals surface area contributed by atoms with E-state index in [9.17, 15) is 30.7 Å². The second-order valence-electron chi connectivity index (χ2n) is 5.99. The van der Waals surface area contributed by atoms with Crippen molar-refractivity contribution in [1.82, 2.24) is 0 Å². The Hall–Kier alpha value is -0.530. The summed E-state index contributed by atoms with van der Waals surface area (Å²) in [5.74, 6) is 0. The van der Waals surface area contributed by atoms with Gasteiger partial charge in [-0.25, -0.2) is 30.7 Å². The van der Waals surface area contributed by atoms with Crippen LogP contribution >= 0.6 is 0 Å². The van der Waals surface area contributed by atoms with Crippen LogP contribution in [-0.2, 0) is 0 Å². The molecule has 1 nitrogen and oxygen atoms in total. The molecule has 0 atom stereocenters. The third-order valence-corrected chi connectivity index (χ3v) is 6.52. The largest absolute Gasteiger partial charge is 0.396 e. The first-order chi connectivity index (χ1) is 8.06. The summed E-state index contributed by atoms with van der Waals surface area (Å²) in [5, 5.41) is 8.66. The third kappa shape index (κ3) is 0.261. The van der Waals surface area contributed by atoms with Crippen LogP contribution in [0.4, 0.5) is 30.7 Å². The van der Waals surface area contributed by atoms with Gasteiger partial charge < -0.3 is 5.11 Å². The fourth-order valence-corrected chi connectivity index (χ4v) is 6.35. The number of halogens is 7. The molecule has 0 bridgehead atoms. The Morgan fingerprint density at radius 1 is 0.556 bits per heavy atom. The molecule has 0 radical (unpaired) electrons. The molecule has 6 saturated carbocycles. The van der Waals surface area contributed by atoms with Gasteiger partial charge in [0.2, 0.25) is 39.7 Å². The molecule has 18 heavy (non-hydrogen) atoms. The molecule has 6 aliphatic carbocycles. The van der Waals surface area contributed by atoms with Crippen LogP contribution in [0.2, 0.25) is 0 Å². The van der Waals surface area contributed by atoms with Gasteiger partial charge in [-0.2, -0.15) is 0 Å².